The fraction of sp³-hybridized carbons (Fsp3) is 1.00. The Balaban J connectivity index is 1.90. The molecule has 0 aromatic rings. The number of likely N-dealkylation sites (N-methyl/N-ethyl adjacent to an activating group) is 1. The summed E-state index contributed by atoms with van der Waals surface area (Å²) in [6, 6.07) is 0.599. The predicted octanol–water partition coefficient (Wildman–Crippen LogP) is 1.79. The zero-order valence-electron chi connectivity index (χ0n) is 10.6. The Labute approximate surface area is 98.8 Å². The van der Waals surface area contributed by atoms with E-state index in [2.05, 4.69) is 11.9 Å². The maximum Gasteiger partial charge on any atom is 0.0697 e. The number of aliphatic hydroxyl groups excluding tert-OH is 1. The van der Waals surface area contributed by atoms with Crippen molar-refractivity contribution in [1.82, 2.24) is 4.90 Å². The lowest BCUT2D eigenvalue weighted by molar-refractivity contribution is -0.101. The summed E-state index contributed by atoms with van der Waals surface area (Å²) >= 11 is 0. The molecule has 1 aliphatic heterocycles. The Morgan fingerprint density at radius 1 is 1.44 bits per heavy atom. The van der Waals surface area contributed by atoms with Gasteiger partial charge in [-0.3, -0.25) is 0 Å². The van der Waals surface area contributed by atoms with Gasteiger partial charge in [-0.1, -0.05) is 12.8 Å². The van der Waals surface area contributed by atoms with Crippen molar-refractivity contribution in [1.29, 1.82) is 0 Å². The van der Waals surface area contributed by atoms with Crippen molar-refractivity contribution in [2.24, 2.45) is 0 Å². The highest BCUT2D eigenvalue weighted by Crippen LogP contribution is 2.40. The first-order valence-electron chi connectivity index (χ1n) is 6.64. The molecule has 1 saturated carbocycles. The maximum atomic E-state index is 9.44. The third-order valence-corrected chi connectivity index (χ3v) is 4.16. The second-order valence-corrected chi connectivity index (χ2v) is 5.67. The molecule has 16 heavy (non-hydrogen) atoms. The lowest BCUT2D eigenvalue weighted by Gasteiger charge is -2.42. The van der Waals surface area contributed by atoms with Crippen LogP contribution in [0.3, 0.4) is 0 Å². The molecule has 0 aromatic carbocycles. The minimum absolute atomic E-state index is 0.190. The number of hydrogen-bond donors (Lipinski definition) is 1. The maximum absolute atomic E-state index is 9.44. The lowest BCUT2D eigenvalue weighted by atomic mass is 9.88. The van der Waals surface area contributed by atoms with Gasteiger partial charge in [-0.15, -0.1) is 0 Å². The Kier molecular flexibility index (Phi) is 3.88. The molecule has 1 saturated heterocycles. The van der Waals surface area contributed by atoms with Crippen LogP contribution in [0, 0.1) is 0 Å². The molecule has 2 aliphatic rings. The zero-order valence-corrected chi connectivity index (χ0v) is 10.6. The van der Waals surface area contributed by atoms with Crippen LogP contribution < -0.4 is 0 Å². The van der Waals surface area contributed by atoms with Gasteiger partial charge in [0.2, 0.25) is 0 Å². The van der Waals surface area contributed by atoms with Gasteiger partial charge in [0.15, 0.2) is 0 Å². The summed E-state index contributed by atoms with van der Waals surface area (Å²) < 4.78 is 6.02. The van der Waals surface area contributed by atoms with Gasteiger partial charge in [0, 0.05) is 19.2 Å². The van der Waals surface area contributed by atoms with Gasteiger partial charge >= 0.3 is 0 Å². The van der Waals surface area contributed by atoms with Crippen LogP contribution in [0.2, 0.25) is 0 Å². The first-order valence-corrected chi connectivity index (χ1v) is 6.64. The van der Waals surface area contributed by atoms with E-state index < -0.39 is 0 Å². The summed E-state index contributed by atoms with van der Waals surface area (Å²) in [7, 11) is 2.13. The molecule has 1 spiro atoms. The fourth-order valence-corrected chi connectivity index (χ4v) is 3.31. The zero-order chi connectivity index (χ0) is 11.6. The highest BCUT2D eigenvalue weighted by molar-refractivity contribution is 4.93. The van der Waals surface area contributed by atoms with Gasteiger partial charge in [0.25, 0.3) is 0 Å². The van der Waals surface area contributed by atoms with Gasteiger partial charge in [-0.2, -0.15) is 0 Å². The van der Waals surface area contributed by atoms with Gasteiger partial charge in [-0.05, 0) is 39.7 Å². The molecule has 2 atom stereocenters. The molecule has 2 fully saturated rings. The standard InChI is InChI=1S/C13H25NO2/c1-11(15)10-14(2)12-5-8-16-13(9-12)6-3-4-7-13/h11-12,15H,3-10H2,1-2H3. The molecule has 0 radical (unpaired) electrons. The first kappa shape index (κ1) is 12.3. The molecule has 0 bridgehead atoms. The monoisotopic (exact) mass is 227 g/mol. The molecular formula is C13H25NO2. The van der Waals surface area contributed by atoms with Crippen LogP contribution in [0.15, 0.2) is 0 Å². The van der Waals surface area contributed by atoms with Gasteiger partial charge < -0.3 is 14.7 Å². The van der Waals surface area contributed by atoms with Crippen LogP contribution in [0.4, 0.5) is 0 Å². The normalized spacial score (nSPS) is 31.1. The number of aliphatic hydroxyl groups is 1. The lowest BCUT2D eigenvalue weighted by Crippen LogP contribution is -2.47. The molecule has 1 heterocycles. The molecular weight excluding hydrogens is 202 g/mol. The molecule has 3 nitrogen and oxygen atoms in total. The van der Waals surface area contributed by atoms with Crippen molar-refractivity contribution in [2.75, 3.05) is 20.2 Å². The van der Waals surface area contributed by atoms with Gasteiger partial charge in [0.1, 0.15) is 0 Å². The SMILES string of the molecule is CC(O)CN(C)C1CCOC2(CCCC2)C1. The second-order valence-electron chi connectivity index (χ2n) is 5.67. The summed E-state index contributed by atoms with van der Waals surface area (Å²) in [5, 5.41) is 9.44. The van der Waals surface area contributed by atoms with E-state index in [4.69, 9.17) is 4.74 Å². The average molecular weight is 227 g/mol. The highest BCUT2D eigenvalue weighted by Gasteiger charge is 2.40. The fourth-order valence-electron chi connectivity index (χ4n) is 3.31. The first-order chi connectivity index (χ1) is 7.61. The number of rotatable bonds is 3. The van der Waals surface area contributed by atoms with E-state index in [0.717, 1.165) is 26.0 Å². The second kappa shape index (κ2) is 5.03. The molecule has 3 heteroatoms. The molecule has 1 N–H and O–H groups in total. The topological polar surface area (TPSA) is 32.7 Å². The van der Waals surface area contributed by atoms with E-state index in [-0.39, 0.29) is 11.7 Å². The molecule has 0 amide bonds. The van der Waals surface area contributed by atoms with E-state index in [1.807, 2.05) is 6.92 Å². The Morgan fingerprint density at radius 2 is 2.12 bits per heavy atom. The molecule has 0 aromatic heterocycles. The van der Waals surface area contributed by atoms with Gasteiger partial charge in [0.05, 0.1) is 11.7 Å². The minimum atomic E-state index is -0.229. The number of nitrogens with zero attached hydrogens (tertiary/aromatic N) is 1. The minimum Gasteiger partial charge on any atom is -0.392 e. The summed E-state index contributed by atoms with van der Waals surface area (Å²) in [5.74, 6) is 0. The van der Waals surface area contributed by atoms with Crippen LogP contribution in [0.5, 0.6) is 0 Å². The van der Waals surface area contributed by atoms with Crippen LogP contribution in [-0.2, 0) is 4.74 Å². The number of hydrogen-bond acceptors (Lipinski definition) is 3. The Hall–Kier alpha value is -0.120. The summed E-state index contributed by atoms with van der Waals surface area (Å²) in [6.07, 6.45) is 7.19. The van der Waals surface area contributed by atoms with Crippen molar-refractivity contribution in [3.05, 3.63) is 0 Å². The van der Waals surface area contributed by atoms with Crippen molar-refractivity contribution >= 4 is 0 Å². The van der Waals surface area contributed by atoms with Crippen molar-refractivity contribution in [3.63, 3.8) is 0 Å². The van der Waals surface area contributed by atoms with Crippen molar-refractivity contribution in [3.8, 4) is 0 Å². The third kappa shape index (κ3) is 2.76. The van der Waals surface area contributed by atoms with Crippen LogP contribution in [0.1, 0.15) is 45.4 Å². The van der Waals surface area contributed by atoms with E-state index in [0.29, 0.717) is 6.04 Å². The van der Waals surface area contributed by atoms with Crippen LogP contribution in [0.25, 0.3) is 0 Å². The average Bonchev–Trinajstić information content (AvgIpc) is 2.65. The Morgan fingerprint density at radius 3 is 2.75 bits per heavy atom. The quantitative estimate of drug-likeness (QED) is 0.798. The van der Waals surface area contributed by atoms with E-state index in [1.165, 1.54) is 25.7 Å². The van der Waals surface area contributed by atoms with Crippen LogP contribution >= 0.6 is 0 Å². The third-order valence-electron chi connectivity index (χ3n) is 4.16. The summed E-state index contributed by atoms with van der Waals surface area (Å²) in [5.41, 5.74) is 0.190. The molecule has 1 aliphatic carbocycles. The Bertz CT molecular complexity index is 224. The molecule has 2 rings (SSSR count). The largest absolute Gasteiger partial charge is 0.392 e. The van der Waals surface area contributed by atoms with Crippen molar-refractivity contribution < 1.29 is 9.84 Å². The smallest absolute Gasteiger partial charge is 0.0697 e. The van der Waals surface area contributed by atoms with E-state index in [1.54, 1.807) is 0 Å². The van der Waals surface area contributed by atoms with Crippen LogP contribution in [-0.4, -0.2) is 48.0 Å². The predicted molar refractivity (Wildman–Crippen MR) is 64.5 cm³/mol. The van der Waals surface area contributed by atoms with E-state index in [9.17, 15) is 5.11 Å². The summed E-state index contributed by atoms with van der Waals surface area (Å²) in [4.78, 5) is 2.31. The summed E-state index contributed by atoms with van der Waals surface area (Å²) in [6.45, 7) is 3.54. The number of ether oxygens (including phenoxy) is 1. The highest BCUT2D eigenvalue weighted by atomic mass is 16.5. The molecule has 94 valence electrons. The van der Waals surface area contributed by atoms with Crippen molar-refractivity contribution in [2.45, 2.75) is 63.2 Å². The van der Waals surface area contributed by atoms with Gasteiger partial charge in [-0.25, -0.2) is 0 Å². The van der Waals surface area contributed by atoms with E-state index >= 15 is 0 Å². The molecule has 2 unspecified atom stereocenters.